The molecule has 1 aromatic carbocycles. The lowest BCUT2D eigenvalue weighted by atomic mass is 10.0. The highest BCUT2D eigenvalue weighted by atomic mass is 19.3. The number of carbonyl (C=O) groups excluding carboxylic acids is 3. The zero-order chi connectivity index (χ0) is 18.7. The van der Waals surface area contributed by atoms with Gasteiger partial charge in [-0.25, -0.2) is 0 Å². The maximum absolute atomic E-state index is 12.1. The van der Waals surface area contributed by atoms with Crippen molar-refractivity contribution in [2.75, 3.05) is 39.5 Å². The SMILES string of the molecule is O=C(NCCO)c1cc(C(=O)NCCO)cc(C(=O)NCCOF)c1. The van der Waals surface area contributed by atoms with Gasteiger partial charge in [0.2, 0.25) is 0 Å². The Bertz CT molecular complexity index is 573. The molecule has 0 aliphatic heterocycles. The zero-order valence-electron chi connectivity index (χ0n) is 13.4. The molecule has 138 valence electrons. The number of hydrogen-bond acceptors (Lipinski definition) is 6. The Labute approximate surface area is 143 Å². The van der Waals surface area contributed by atoms with E-state index in [1.165, 1.54) is 18.2 Å². The van der Waals surface area contributed by atoms with Gasteiger partial charge in [-0.05, 0) is 22.7 Å². The lowest BCUT2D eigenvalue weighted by Crippen LogP contribution is -2.31. The van der Waals surface area contributed by atoms with Gasteiger partial charge < -0.3 is 26.2 Å². The van der Waals surface area contributed by atoms with Crippen LogP contribution in [0.15, 0.2) is 18.2 Å². The van der Waals surface area contributed by atoms with E-state index in [0.717, 1.165) is 0 Å². The fraction of sp³-hybridized carbons (Fsp3) is 0.400. The van der Waals surface area contributed by atoms with Crippen LogP contribution in [0.2, 0.25) is 0 Å². The van der Waals surface area contributed by atoms with Gasteiger partial charge in [0.05, 0.1) is 13.2 Å². The van der Waals surface area contributed by atoms with Crippen molar-refractivity contribution in [3.63, 3.8) is 0 Å². The maximum Gasteiger partial charge on any atom is 0.251 e. The van der Waals surface area contributed by atoms with Gasteiger partial charge in [-0.1, -0.05) is 0 Å². The van der Waals surface area contributed by atoms with E-state index in [-0.39, 0.29) is 56.1 Å². The number of rotatable bonds is 10. The van der Waals surface area contributed by atoms with Crippen LogP contribution in [0.3, 0.4) is 0 Å². The summed E-state index contributed by atoms with van der Waals surface area (Å²) in [6, 6.07) is 3.81. The smallest absolute Gasteiger partial charge is 0.251 e. The van der Waals surface area contributed by atoms with Crippen LogP contribution in [0, 0.1) is 0 Å². The molecule has 0 bridgehead atoms. The summed E-state index contributed by atoms with van der Waals surface area (Å²) in [5, 5.41) is 24.7. The normalized spacial score (nSPS) is 10.2. The van der Waals surface area contributed by atoms with E-state index in [2.05, 4.69) is 20.9 Å². The van der Waals surface area contributed by atoms with Crippen molar-refractivity contribution in [2.45, 2.75) is 0 Å². The van der Waals surface area contributed by atoms with Crippen LogP contribution in [0.25, 0.3) is 0 Å². The van der Waals surface area contributed by atoms with Crippen LogP contribution in [0.4, 0.5) is 4.53 Å². The van der Waals surface area contributed by atoms with Gasteiger partial charge in [-0.15, -0.1) is 0 Å². The molecule has 1 rings (SSSR count). The minimum atomic E-state index is -0.620. The van der Waals surface area contributed by atoms with Crippen molar-refractivity contribution in [1.82, 2.24) is 16.0 Å². The molecule has 5 N–H and O–H groups in total. The van der Waals surface area contributed by atoms with Crippen LogP contribution in [0.5, 0.6) is 0 Å². The average Bonchev–Trinajstić information content (AvgIpc) is 2.63. The lowest BCUT2D eigenvalue weighted by molar-refractivity contribution is -0.129. The van der Waals surface area contributed by atoms with E-state index in [0.29, 0.717) is 0 Å². The standard InChI is InChI=1S/C15H20FN3O6/c16-25-6-3-19-15(24)12-8-10(13(22)17-1-4-20)7-11(9-12)14(23)18-2-5-21/h7-9,20-21H,1-6H2,(H,17,22)(H,18,23)(H,19,24). The minimum absolute atomic E-state index is 0.00907. The van der Waals surface area contributed by atoms with E-state index in [4.69, 9.17) is 10.2 Å². The lowest BCUT2D eigenvalue weighted by Gasteiger charge is -2.10. The molecule has 0 aliphatic carbocycles. The summed E-state index contributed by atoms with van der Waals surface area (Å²) < 4.78 is 11.6. The van der Waals surface area contributed by atoms with Crippen LogP contribution in [-0.4, -0.2) is 67.4 Å². The highest BCUT2D eigenvalue weighted by Gasteiger charge is 2.16. The number of carbonyl (C=O) groups is 3. The van der Waals surface area contributed by atoms with Gasteiger partial charge in [0.1, 0.15) is 6.61 Å². The number of aliphatic hydroxyl groups is 2. The van der Waals surface area contributed by atoms with Crippen molar-refractivity contribution in [3.05, 3.63) is 34.9 Å². The second-order valence-corrected chi connectivity index (χ2v) is 4.83. The van der Waals surface area contributed by atoms with Crippen LogP contribution >= 0.6 is 0 Å². The first-order valence-corrected chi connectivity index (χ1v) is 7.48. The molecule has 0 unspecified atom stereocenters. The molecule has 0 saturated heterocycles. The molecule has 10 heteroatoms. The van der Waals surface area contributed by atoms with Crippen LogP contribution in [0.1, 0.15) is 31.1 Å². The van der Waals surface area contributed by atoms with Crippen molar-refractivity contribution in [3.8, 4) is 0 Å². The first-order chi connectivity index (χ1) is 12.0. The maximum atomic E-state index is 12.1. The molecule has 3 amide bonds. The summed E-state index contributed by atoms with van der Waals surface area (Å²) in [4.78, 5) is 39.5. The molecule has 1 aromatic rings. The Morgan fingerprint density at radius 3 is 1.48 bits per heavy atom. The van der Waals surface area contributed by atoms with Crippen LogP contribution in [-0.2, 0) is 4.94 Å². The number of amides is 3. The third-order valence-electron chi connectivity index (χ3n) is 2.98. The third kappa shape index (κ3) is 6.83. The molecule has 0 aromatic heterocycles. The number of halogens is 1. The Kier molecular flexibility index (Phi) is 9.07. The van der Waals surface area contributed by atoms with E-state index in [9.17, 15) is 18.9 Å². The van der Waals surface area contributed by atoms with Gasteiger partial charge in [0, 0.05) is 36.3 Å². The summed E-state index contributed by atoms with van der Waals surface area (Å²) in [6.45, 7) is -0.948. The van der Waals surface area contributed by atoms with Crippen LogP contribution < -0.4 is 16.0 Å². The van der Waals surface area contributed by atoms with E-state index < -0.39 is 17.7 Å². The summed E-state index contributed by atoms with van der Waals surface area (Å²) in [6.07, 6.45) is 0. The quantitative estimate of drug-likeness (QED) is 0.332. The van der Waals surface area contributed by atoms with E-state index in [1.807, 2.05) is 0 Å². The fourth-order valence-electron chi connectivity index (χ4n) is 1.87. The molecule has 0 saturated carbocycles. The number of benzene rings is 1. The zero-order valence-corrected chi connectivity index (χ0v) is 13.4. The topological polar surface area (TPSA) is 137 Å². The Morgan fingerprint density at radius 1 is 0.800 bits per heavy atom. The van der Waals surface area contributed by atoms with Gasteiger partial charge in [-0.2, -0.15) is 4.94 Å². The van der Waals surface area contributed by atoms with Gasteiger partial charge in [-0.3, -0.25) is 14.4 Å². The Balaban J connectivity index is 3.06. The molecular weight excluding hydrogens is 337 g/mol. The van der Waals surface area contributed by atoms with Gasteiger partial charge in [0.25, 0.3) is 17.7 Å². The Hall–Kier alpha value is -2.56. The molecular formula is C15H20FN3O6. The minimum Gasteiger partial charge on any atom is -0.395 e. The monoisotopic (exact) mass is 357 g/mol. The molecule has 0 atom stereocenters. The highest BCUT2D eigenvalue weighted by molar-refractivity contribution is 6.04. The first kappa shape index (κ1) is 20.5. The third-order valence-corrected chi connectivity index (χ3v) is 2.98. The highest BCUT2D eigenvalue weighted by Crippen LogP contribution is 2.11. The number of nitrogens with one attached hydrogen (secondary N) is 3. The fourth-order valence-corrected chi connectivity index (χ4v) is 1.87. The summed E-state index contributed by atoms with van der Waals surface area (Å²) in [5.41, 5.74) is 0.0960. The Morgan fingerprint density at radius 2 is 1.16 bits per heavy atom. The number of hydrogen-bond donors (Lipinski definition) is 5. The van der Waals surface area contributed by atoms with Crippen molar-refractivity contribution in [2.24, 2.45) is 0 Å². The molecule has 0 heterocycles. The first-order valence-electron chi connectivity index (χ1n) is 7.48. The molecule has 0 spiro atoms. The predicted octanol–water partition coefficient (Wildman–Crippen LogP) is -1.24. The van der Waals surface area contributed by atoms with Crippen molar-refractivity contribution < 1.29 is 34.1 Å². The summed E-state index contributed by atoms with van der Waals surface area (Å²) in [5.74, 6) is -1.77. The molecule has 9 nitrogen and oxygen atoms in total. The largest absolute Gasteiger partial charge is 0.395 e. The van der Waals surface area contributed by atoms with Crippen molar-refractivity contribution >= 4 is 17.7 Å². The second kappa shape index (κ2) is 11.1. The predicted molar refractivity (Wildman–Crippen MR) is 84.7 cm³/mol. The van der Waals surface area contributed by atoms with Gasteiger partial charge in [0.15, 0.2) is 0 Å². The summed E-state index contributed by atoms with van der Waals surface area (Å²) in [7, 11) is 0. The van der Waals surface area contributed by atoms with E-state index in [1.54, 1.807) is 0 Å². The average molecular weight is 357 g/mol. The molecule has 25 heavy (non-hydrogen) atoms. The van der Waals surface area contributed by atoms with Gasteiger partial charge >= 0.3 is 0 Å². The number of aliphatic hydroxyl groups excluding tert-OH is 2. The van der Waals surface area contributed by atoms with Crippen molar-refractivity contribution in [1.29, 1.82) is 0 Å². The molecule has 0 fully saturated rings. The summed E-state index contributed by atoms with van der Waals surface area (Å²) >= 11 is 0. The second-order valence-electron chi connectivity index (χ2n) is 4.83. The molecule has 0 radical (unpaired) electrons. The molecule has 0 aliphatic rings. The van der Waals surface area contributed by atoms with E-state index >= 15 is 0 Å².